The maximum Gasteiger partial charge on any atom is 0.151 e. The molecular formula is C21H14FN3S. The Kier molecular flexibility index (Phi) is 4.11. The van der Waals surface area contributed by atoms with Gasteiger partial charge in [-0.05, 0) is 36.4 Å². The van der Waals surface area contributed by atoms with Crippen molar-refractivity contribution in [2.24, 2.45) is 7.05 Å². The minimum atomic E-state index is -0.249. The number of allylic oxidation sites excluding steroid dienone is 1. The molecule has 0 N–H and O–H groups in total. The van der Waals surface area contributed by atoms with Crippen LogP contribution in [0.1, 0.15) is 10.7 Å². The molecule has 0 saturated carbocycles. The summed E-state index contributed by atoms with van der Waals surface area (Å²) in [6.07, 6.45) is 1.80. The van der Waals surface area contributed by atoms with Crippen LogP contribution in [0.2, 0.25) is 0 Å². The minimum Gasteiger partial charge on any atom is -0.327 e. The van der Waals surface area contributed by atoms with Gasteiger partial charge in [0.15, 0.2) is 5.82 Å². The molecule has 2 aromatic heterocycles. The van der Waals surface area contributed by atoms with Crippen molar-refractivity contribution in [1.82, 2.24) is 9.55 Å². The van der Waals surface area contributed by atoms with E-state index in [4.69, 9.17) is 0 Å². The van der Waals surface area contributed by atoms with E-state index in [-0.39, 0.29) is 5.82 Å². The van der Waals surface area contributed by atoms with E-state index in [9.17, 15) is 9.65 Å². The molecule has 3 nitrogen and oxygen atoms in total. The second kappa shape index (κ2) is 6.58. The van der Waals surface area contributed by atoms with Gasteiger partial charge >= 0.3 is 0 Å². The van der Waals surface area contributed by atoms with Gasteiger partial charge in [-0.25, -0.2) is 9.37 Å². The molecule has 0 unspecified atom stereocenters. The molecule has 0 bridgehead atoms. The van der Waals surface area contributed by atoms with Gasteiger partial charge in [0.2, 0.25) is 0 Å². The maximum absolute atomic E-state index is 14.0. The molecule has 0 aliphatic rings. The van der Waals surface area contributed by atoms with E-state index in [1.165, 1.54) is 17.4 Å². The summed E-state index contributed by atoms with van der Waals surface area (Å²) in [5.74, 6) is 0.371. The Labute approximate surface area is 154 Å². The first-order valence-electron chi connectivity index (χ1n) is 8.06. The zero-order valence-corrected chi connectivity index (χ0v) is 14.8. The molecule has 0 spiro atoms. The molecule has 0 amide bonds. The smallest absolute Gasteiger partial charge is 0.151 e. The standard InChI is InChI=1S/C21H14FN3S/c1-25-19-9-5-4-8-18(19)24-21(25)14(13-23)12-15-10-11-20(26-15)16-6-2-3-7-17(16)22/h2-12H,1H3. The largest absolute Gasteiger partial charge is 0.327 e. The molecule has 5 heteroatoms. The van der Waals surface area contributed by atoms with Crippen LogP contribution in [0.15, 0.2) is 60.7 Å². The monoisotopic (exact) mass is 359 g/mol. The number of para-hydroxylation sites is 2. The molecular weight excluding hydrogens is 345 g/mol. The first-order valence-corrected chi connectivity index (χ1v) is 8.87. The van der Waals surface area contributed by atoms with Crippen LogP contribution in [0.25, 0.3) is 33.1 Å². The van der Waals surface area contributed by atoms with Crippen molar-refractivity contribution < 1.29 is 4.39 Å². The van der Waals surface area contributed by atoms with E-state index < -0.39 is 0 Å². The summed E-state index contributed by atoms with van der Waals surface area (Å²) in [4.78, 5) is 6.29. The van der Waals surface area contributed by atoms with Crippen molar-refractivity contribution in [3.8, 4) is 16.5 Å². The highest BCUT2D eigenvalue weighted by Gasteiger charge is 2.13. The van der Waals surface area contributed by atoms with Gasteiger partial charge < -0.3 is 4.57 Å². The summed E-state index contributed by atoms with van der Waals surface area (Å²) in [5.41, 5.74) is 2.87. The van der Waals surface area contributed by atoms with Gasteiger partial charge in [-0.15, -0.1) is 11.3 Å². The quantitative estimate of drug-likeness (QED) is 0.453. The molecule has 0 fully saturated rings. The maximum atomic E-state index is 14.0. The number of fused-ring (bicyclic) bond motifs is 1. The van der Waals surface area contributed by atoms with Crippen LogP contribution >= 0.6 is 11.3 Å². The highest BCUT2D eigenvalue weighted by molar-refractivity contribution is 7.16. The molecule has 0 aliphatic heterocycles. The van der Waals surface area contributed by atoms with Crippen LogP contribution in [-0.2, 0) is 7.05 Å². The molecule has 0 saturated heterocycles. The van der Waals surface area contributed by atoms with Crippen LogP contribution in [0.5, 0.6) is 0 Å². The van der Waals surface area contributed by atoms with Crippen molar-refractivity contribution in [2.75, 3.05) is 0 Å². The fraction of sp³-hybridized carbons (Fsp3) is 0.0476. The summed E-state index contributed by atoms with van der Waals surface area (Å²) < 4.78 is 15.9. The lowest BCUT2D eigenvalue weighted by Gasteiger charge is -2.00. The Morgan fingerprint density at radius 1 is 1.12 bits per heavy atom. The minimum absolute atomic E-state index is 0.249. The summed E-state index contributed by atoms with van der Waals surface area (Å²) >= 11 is 1.45. The number of imidazole rings is 1. The predicted octanol–water partition coefficient (Wildman–Crippen LogP) is 5.51. The summed E-state index contributed by atoms with van der Waals surface area (Å²) in [7, 11) is 1.90. The average molecular weight is 359 g/mol. The molecule has 2 aromatic carbocycles. The number of hydrogen-bond donors (Lipinski definition) is 0. The fourth-order valence-electron chi connectivity index (χ4n) is 2.91. The van der Waals surface area contributed by atoms with E-state index >= 15 is 0 Å². The molecule has 0 atom stereocenters. The van der Waals surface area contributed by atoms with E-state index in [2.05, 4.69) is 11.1 Å². The Morgan fingerprint density at radius 3 is 2.65 bits per heavy atom. The van der Waals surface area contributed by atoms with E-state index in [1.807, 2.05) is 54.1 Å². The number of hydrogen-bond acceptors (Lipinski definition) is 3. The third kappa shape index (κ3) is 2.81. The fourth-order valence-corrected chi connectivity index (χ4v) is 3.89. The average Bonchev–Trinajstić information content (AvgIpc) is 3.25. The molecule has 2 heterocycles. The highest BCUT2D eigenvalue weighted by atomic mass is 32.1. The number of nitrogens with zero attached hydrogens (tertiary/aromatic N) is 3. The Hall–Kier alpha value is -3.23. The molecule has 4 rings (SSSR count). The lowest BCUT2D eigenvalue weighted by atomic mass is 10.2. The molecule has 4 aromatic rings. The lowest BCUT2D eigenvalue weighted by molar-refractivity contribution is 0.631. The van der Waals surface area contributed by atoms with Gasteiger partial charge in [-0.2, -0.15) is 5.26 Å². The lowest BCUT2D eigenvalue weighted by Crippen LogP contribution is -1.95. The first kappa shape index (κ1) is 16.2. The van der Waals surface area contributed by atoms with Crippen LogP contribution in [0, 0.1) is 17.1 Å². The molecule has 126 valence electrons. The van der Waals surface area contributed by atoms with Crippen LogP contribution in [0.3, 0.4) is 0 Å². The van der Waals surface area contributed by atoms with E-state index in [1.54, 1.807) is 18.2 Å². The van der Waals surface area contributed by atoms with Crippen molar-refractivity contribution in [3.63, 3.8) is 0 Å². The van der Waals surface area contributed by atoms with Gasteiger partial charge in [-0.1, -0.05) is 30.3 Å². The molecule has 0 aliphatic carbocycles. The second-order valence-corrected chi connectivity index (χ2v) is 6.95. The third-order valence-corrected chi connectivity index (χ3v) is 5.27. The second-order valence-electron chi connectivity index (χ2n) is 5.83. The topological polar surface area (TPSA) is 41.6 Å². The Morgan fingerprint density at radius 2 is 1.88 bits per heavy atom. The predicted molar refractivity (Wildman–Crippen MR) is 104 cm³/mol. The number of halogens is 1. The number of aromatic nitrogens is 2. The summed E-state index contributed by atoms with van der Waals surface area (Å²) in [6.45, 7) is 0. The summed E-state index contributed by atoms with van der Waals surface area (Å²) in [6, 6.07) is 20.5. The Bertz CT molecular complexity index is 1180. The zero-order valence-electron chi connectivity index (χ0n) is 14.0. The number of rotatable bonds is 3. The molecule has 26 heavy (non-hydrogen) atoms. The van der Waals surface area contributed by atoms with Gasteiger partial charge in [0.25, 0.3) is 0 Å². The number of thiophene rings is 1. The van der Waals surface area contributed by atoms with Gasteiger partial charge in [0.1, 0.15) is 11.9 Å². The number of aryl methyl sites for hydroxylation is 1. The first-order chi connectivity index (χ1) is 12.7. The third-order valence-electron chi connectivity index (χ3n) is 4.20. The molecule has 0 radical (unpaired) electrons. The van der Waals surface area contributed by atoms with Crippen molar-refractivity contribution >= 4 is 34.0 Å². The zero-order chi connectivity index (χ0) is 18.1. The number of nitriles is 1. The van der Waals surface area contributed by atoms with Crippen LogP contribution in [-0.4, -0.2) is 9.55 Å². The Balaban J connectivity index is 1.76. The van der Waals surface area contributed by atoms with Crippen LogP contribution in [0.4, 0.5) is 4.39 Å². The van der Waals surface area contributed by atoms with Crippen LogP contribution < -0.4 is 0 Å². The highest BCUT2D eigenvalue weighted by Crippen LogP contribution is 2.32. The van der Waals surface area contributed by atoms with Gasteiger partial charge in [0.05, 0.1) is 16.6 Å². The van der Waals surface area contributed by atoms with Gasteiger partial charge in [0, 0.05) is 22.4 Å². The van der Waals surface area contributed by atoms with Crippen molar-refractivity contribution in [1.29, 1.82) is 5.26 Å². The summed E-state index contributed by atoms with van der Waals surface area (Å²) in [5, 5.41) is 9.63. The van der Waals surface area contributed by atoms with Gasteiger partial charge in [-0.3, -0.25) is 0 Å². The SMILES string of the molecule is Cn1c(C(C#N)=Cc2ccc(-c3ccccc3F)s2)nc2ccccc21. The number of benzene rings is 2. The van der Waals surface area contributed by atoms with Crippen molar-refractivity contribution in [3.05, 3.63) is 77.2 Å². The van der Waals surface area contributed by atoms with Crippen molar-refractivity contribution in [2.45, 2.75) is 0 Å². The van der Waals surface area contributed by atoms with E-state index in [0.717, 1.165) is 20.8 Å². The van der Waals surface area contributed by atoms with E-state index in [0.29, 0.717) is 17.0 Å². The normalized spacial score (nSPS) is 11.7.